The van der Waals surface area contributed by atoms with Crippen LogP contribution in [-0.2, 0) is 14.3 Å². The van der Waals surface area contributed by atoms with Gasteiger partial charge in [0.15, 0.2) is 6.61 Å². The quantitative estimate of drug-likeness (QED) is 0.783. The van der Waals surface area contributed by atoms with Gasteiger partial charge in [0.05, 0.1) is 12.0 Å². The second kappa shape index (κ2) is 6.05. The summed E-state index contributed by atoms with van der Waals surface area (Å²) in [6.45, 7) is -0.265. The normalized spacial score (nSPS) is 21.8. The molecule has 0 aromatic heterocycles. The van der Waals surface area contributed by atoms with Crippen molar-refractivity contribution in [2.24, 2.45) is 5.92 Å². The van der Waals surface area contributed by atoms with Gasteiger partial charge in [-0.3, -0.25) is 9.59 Å². The molecule has 0 heterocycles. The molecule has 5 heteroatoms. The molecule has 1 N–H and O–H groups in total. The van der Waals surface area contributed by atoms with Crippen LogP contribution in [0, 0.1) is 17.2 Å². The number of hydrogen-bond donors (Lipinski definition) is 1. The number of carbonyl (C=O) groups is 2. The Morgan fingerprint density at radius 2 is 1.84 bits per heavy atom. The Kier molecular flexibility index (Phi) is 4.41. The Hall–Kier alpha value is -1.57. The second-order valence-electron chi connectivity index (χ2n) is 5.54. The maximum absolute atomic E-state index is 11.7. The standard InChI is InChI=1S/C14H20N2O3/c15-10-14(7-3-4-8-14)16-12(17)9-19-13(18)11-5-1-2-6-11/h11H,1-9H2,(H,16,17). The molecule has 0 radical (unpaired) electrons. The monoisotopic (exact) mass is 264 g/mol. The predicted molar refractivity (Wildman–Crippen MR) is 67.9 cm³/mol. The number of nitrogens with one attached hydrogen (secondary N) is 1. The zero-order valence-electron chi connectivity index (χ0n) is 11.1. The van der Waals surface area contributed by atoms with Crippen LogP contribution in [0.3, 0.4) is 0 Å². The summed E-state index contributed by atoms with van der Waals surface area (Å²) in [6.07, 6.45) is 7.13. The third-order valence-electron chi connectivity index (χ3n) is 4.08. The van der Waals surface area contributed by atoms with Crippen molar-refractivity contribution in [3.05, 3.63) is 0 Å². The van der Waals surface area contributed by atoms with E-state index in [0.717, 1.165) is 38.5 Å². The van der Waals surface area contributed by atoms with Crippen molar-refractivity contribution < 1.29 is 14.3 Å². The number of nitriles is 1. The van der Waals surface area contributed by atoms with Crippen molar-refractivity contribution in [3.8, 4) is 6.07 Å². The van der Waals surface area contributed by atoms with Crippen LogP contribution in [0.25, 0.3) is 0 Å². The highest BCUT2D eigenvalue weighted by molar-refractivity contribution is 5.82. The molecule has 104 valence electrons. The number of rotatable bonds is 4. The molecule has 0 aromatic rings. The molecular formula is C14H20N2O3. The molecule has 2 fully saturated rings. The van der Waals surface area contributed by atoms with E-state index in [1.54, 1.807) is 0 Å². The van der Waals surface area contributed by atoms with E-state index in [1.165, 1.54) is 0 Å². The van der Waals surface area contributed by atoms with Gasteiger partial charge in [-0.25, -0.2) is 0 Å². The van der Waals surface area contributed by atoms with E-state index in [-0.39, 0.29) is 24.4 Å². The Morgan fingerprint density at radius 1 is 1.21 bits per heavy atom. The van der Waals surface area contributed by atoms with E-state index in [2.05, 4.69) is 11.4 Å². The highest BCUT2D eigenvalue weighted by atomic mass is 16.5. The van der Waals surface area contributed by atoms with Crippen LogP contribution in [0.4, 0.5) is 0 Å². The number of carbonyl (C=O) groups excluding carboxylic acids is 2. The molecule has 19 heavy (non-hydrogen) atoms. The van der Waals surface area contributed by atoms with E-state index < -0.39 is 5.54 Å². The molecule has 2 aliphatic rings. The van der Waals surface area contributed by atoms with Crippen molar-refractivity contribution in [2.45, 2.75) is 56.9 Å². The molecule has 0 spiro atoms. The summed E-state index contributed by atoms with van der Waals surface area (Å²) in [7, 11) is 0. The molecule has 0 saturated heterocycles. The summed E-state index contributed by atoms with van der Waals surface area (Å²) in [5.41, 5.74) is -0.739. The van der Waals surface area contributed by atoms with Gasteiger partial charge in [-0.05, 0) is 38.5 Å². The molecule has 0 unspecified atom stereocenters. The SMILES string of the molecule is N#CC1(NC(=O)COC(=O)C2CCCC2)CCCC1. The van der Waals surface area contributed by atoms with E-state index in [0.29, 0.717) is 12.8 Å². The van der Waals surface area contributed by atoms with Gasteiger partial charge in [0.2, 0.25) is 0 Å². The minimum absolute atomic E-state index is 0.0378. The van der Waals surface area contributed by atoms with E-state index >= 15 is 0 Å². The maximum Gasteiger partial charge on any atom is 0.309 e. The topological polar surface area (TPSA) is 79.2 Å². The van der Waals surface area contributed by atoms with Crippen LogP contribution in [-0.4, -0.2) is 24.0 Å². The van der Waals surface area contributed by atoms with Crippen molar-refractivity contribution >= 4 is 11.9 Å². The first-order chi connectivity index (χ1) is 9.15. The van der Waals surface area contributed by atoms with Crippen LogP contribution in [0.2, 0.25) is 0 Å². The Bertz CT molecular complexity index is 388. The van der Waals surface area contributed by atoms with Crippen LogP contribution in [0.1, 0.15) is 51.4 Å². The fourth-order valence-corrected chi connectivity index (χ4v) is 2.96. The summed E-state index contributed by atoms with van der Waals surface area (Å²) in [5, 5.41) is 11.9. The van der Waals surface area contributed by atoms with E-state index in [9.17, 15) is 9.59 Å². The first-order valence-corrected chi connectivity index (χ1v) is 7.04. The van der Waals surface area contributed by atoms with E-state index in [4.69, 9.17) is 10.00 Å². The fourth-order valence-electron chi connectivity index (χ4n) is 2.96. The van der Waals surface area contributed by atoms with Crippen LogP contribution in [0.5, 0.6) is 0 Å². The molecule has 0 bridgehead atoms. The molecular weight excluding hydrogens is 244 g/mol. The smallest absolute Gasteiger partial charge is 0.309 e. The Labute approximate surface area is 113 Å². The van der Waals surface area contributed by atoms with Gasteiger partial charge in [-0.2, -0.15) is 5.26 Å². The van der Waals surface area contributed by atoms with Crippen molar-refractivity contribution in [3.63, 3.8) is 0 Å². The van der Waals surface area contributed by atoms with Crippen molar-refractivity contribution in [1.29, 1.82) is 5.26 Å². The predicted octanol–water partition coefficient (Wildman–Crippen LogP) is 1.67. The third-order valence-corrected chi connectivity index (χ3v) is 4.08. The largest absolute Gasteiger partial charge is 0.455 e. The highest BCUT2D eigenvalue weighted by Crippen LogP contribution is 2.29. The van der Waals surface area contributed by atoms with E-state index in [1.807, 2.05) is 0 Å². The van der Waals surface area contributed by atoms with Crippen LogP contribution < -0.4 is 5.32 Å². The summed E-state index contributed by atoms with van der Waals surface area (Å²) >= 11 is 0. The molecule has 2 saturated carbocycles. The van der Waals surface area contributed by atoms with Crippen LogP contribution in [0.15, 0.2) is 0 Å². The minimum Gasteiger partial charge on any atom is -0.455 e. The van der Waals surface area contributed by atoms with Gasteiger partial charge in [-0.15, -0.1) is 0 Å². The first-order valence-electron chi connectivity index (χ1n) is 7.04. The molecule has 0 aromatic carbocycles. The van der Waals surface area contributed by atoms with Gasteiger partial charge in [0, 0.05) is 0 Å². The number of nitrogens with zero attached hydrogens (tertiary/aromatic N) is 1. The average molecular weight is 264 g/mol. The molecule has 5 nitrogen and oxygen atoms in total. The van der Waals surface area contributed by atoms with Crippen molar-refractivity contribution in [2.75, 3.05) is 6.61 Å². The van der Waals surface area contributed by atoms with Gasteiger partial charge in [-0.1, -0.05) is 12.8 Å². The van der Waals surface area contributed by atoms with Crippen LogP contribution >= 0.6 is 0 Å². The zero-order chi connectivity index (χ0) is 13.7. The molecule has 2 aliphatic carbocycles. The highest BCUT2D eigenvalue weighted by Gasteiger charge is 2.35. The summed E-state index contributed by atoms with van der Waals surface area (Å²) in [6, 6.07) is 2.18. The zero-order valence-corrected chi connectivity index (χ0v) is 11.1. The lowest BCUT2D eigenvalue weighted by Crippen LogP contribution is -2.46. The van der Waals surface area contributed by atoms with Gasteiger partial charge in [0.1, 0.15) is 5.54 Å². The Balaban J connectivity index is 1.75. The lowest BCUT2D eigenvalue weighted by Gasteiger charge is -2.21. The average Bonchev–Trinajstić information content (AvgIpc) is 3.07. The number of amides is 1. The summed E-state index contributed by atoms with van der Waals surface area (Å²) < 4.78 is 5.03. The number of hydrogen-bond acceptors (Lipinski definition) is 4. The van der Waals surface area contributed by atoms with Crippen molar-refractivity contribution in [1.82, 2.24) is 5.32 Å². The molecule has 2 rings (SSSR count). The first kappa shape index (κ1) is 13.9. The third kappa shape index (κ3) is 3.46. The fraction of sp³-hybridized carbons (Fsp3) is 0.786. The summed E-state index contributed by atoms with van der Waals surface area (Å²) in [5.74, 6) is -0.677. The number of ether oxygens (including phenoxy) is 1. The second-order valence-corrected chi connectivity index (χ2v) is 5.54. The summed E-state index contributed by atoms with van der Waals surface area (Å²) in [4.78, 5) is 23.4. The molecule has 0 aliphatic heterocycles. The lowest BCUT2D eigenvalue weighted by molar-refractivity contribution is -0.152. The minimum atomic E-state index is -0.739. The molecule has 0 atom stereocenters. The molecule has 1 amide bonds. The Morgan fingerprint density at radius 3 is 2.42 bits per heavy atom. The number of esters is 1. The van der Waals surface area contributed by atoms with Gasteiger partial charge < -0.3 is 10.1 Å². The van der Waals surface area contributed by atoms with Gasteiger partial charge in [0.25, 0.3) is 5.91 Å². The van der Waals surface area contributed by atoms with Gasteiger partial charge >= 0.3 is 5.97 Å². The maximum atomic E-state index is 11.7. The lowest BCUT2D eigenvalue weighted by atomic mass is 10.00.